The van der Waals surface area contributed by atoms with Crippen LogP contribution in [0.1, 0.15) is 38.2 Å². The van der Waals surface area contributed by atoms with Crippen molar-refractivity contribution in [3.63, 3.8) is 0 Å². The van der Waals surface area contributed by atoms with Crippen molar-refractivity contribution in [1.29, 1.82) is 0 Å². The molecule has 0 bridgehead atoms. The molecule has 1 aromatic carbocycles. The number of hydrogen-bond acceptors (Lipinski definition) is 2. The lowest BCUT2D eigenvalue weighted by atomic mass is 9.91. The molecular formula is C17H25NO. The fourth-order valence-electron chi connectivity index (χ4n) is 3.70. The third-order valence-electron chi connectivity index (χ3n) is 4.71. The van der Waals surface area contributed by atoms with Crippen molar-refractivity contribution >= 4 is 0 Å². The van der Waals surface area contributed by atoms with Gasteiger partial charge in [-0.3, -0.25) is 0 Å². The molecule has 1 saturated carbocycles. The molecule has 19 heavy (non-hydrogen) atoms. The molecule has 2 nitrogen and oxygen atoms in total. The topological polar surface area (TPSA) is 21.3 Å². The zero-order valence-electron chi connectivity index (χ0n) is 12.0. The van der Waals surface area contributed by atoms with E-state index in [2.05, 4.69) is 49.5 Å². The molecule has 3 rings (SSSR count). The van der Waals surface area contributed by atoms with Crippen LogP contribution in [0.2, 0.25) is 0 Å². The molecule has 1 heterocycles. The molecule has 1 aromatic rings. The lowest BCUT2D eigenvalue weighted by Crippen LogP contribution is -2.38. The Hall–Kier alpha value is -0.860. The summed E-state index contributed by atoms with van der Waals surface area (Å²) in [5.74, 6) is 2.27. The Balaban J connectivity index is 1.66. The number of rotatable bonds is 5. The Labute approximate surface area is 116 Å². The van der Waals surface area contributed by atoms with E-state index in [1.807, 2.05) is 0 Å². The molecule has 2 heteroatoms. The summed E-state index contributed by atoms with van der Waals surface area (Å²) in [6.07, 6.45) is 3.00. The summed E-state index contributed by atoms with van der Waals surface area (Å²) >= 11 is 0. The van der Waals surface area contributed by atoms with Crippen LogP contribution in [0.3, 0.4) is 0 Å². The third kappa shape index (κ3) is 2.85. The van der Waals surface area contributed by atoms with Crippen LogP contribution in [0, 0.1) is 11.8 Å². The van der Waals surface area contributed by atoms with Crippen LogP contribution in [-0.4, -0.2) is 25.3 Å². The smallest absolute Gasteiger partial charge is 0.0551 e. The fraction of sp³-hybridized carbons (Fsp3) is 0.647. The number of benzene rings is 1. The fourth-order valence-corrected chi connectivity index (χ4v) is 3.70. The van der Waals surface area contributed by atoms with E-state index < -0.39 is 0 Å². The van der Waals surface area contributed by atoms with E-state index in [4.69, 9.17) is 4.74 Å². The average Bonchev–Trinajstić information content (AvgIpc) is 3.12. The Morgan fingerprint density at radius 1 is 1.26 bits per heavy atom. The van der Waals surface area contributed by atoms with Gasteiger partial charge >= 0.3 is 0 Å². The van der Waals surface area contributed by atoms with Gasteiger partial charge in [0.05, 0.1) is 12.7 Å². The molecule has 1 aliphatic carbocycles. The largest absolute Gasteiger partial charge is 0.378 e. The van der Waals surface area contributed by atoms with Crippen LogP contribution >= 0.6 is 0 Å². The molecule has 5 atom stereocenters. The number of ether oxygens (including phenoxy) is 1. The zero-order chi connectivity index (χ0) is 13.2. The summed E-state index contributed by atoms with van der Waals surface area (Å²) in [5, 5.41) is 3.73. The van der Waals surface area contributed by atoms with Gasteiger partial charge in [0.15, 0.2) is 0 Å². The van der Waals surface area contributed by atoms with Crippen LogP contribution in [0.25, 0.3) is 0 Å². The van der Waals surface area contributed by atoms with Crippen molar-refractivity contribution in [2.24, 2.45) is 11.8 Å². The van der Waals surface area contributed by atoms with Gasteiger partial charge in [0.1, 0.15) is 0 Å². The quantitative estimate of drug-likeness (QED) is 0.877. The monoisotopic (exact) mass is 259 g/mol. The molecule has 2 aliphatic rings. The van der Waals surface area contributed by atoms with Crippen molar-refractivity contribution in [3.8, 4) is 0 Å². The maximum atomic E-state index is 5.77. The minimum absolute atomic E-state index is 0.445. The SMILES string of the molecule is CCNC(C1COC(C)C1)C1CC1c1ccccc1. The standard InChI is InChI=1S/C17H25NO/c1-3-18-17(14-9-12(2)19-11-14)16-10-15(16)13-7-5-4-6-8-13/h4-8,12,14-18H,3,9-11H2,1-2H3. The summed E-state index contributed by atoms with van der Waals surface area (Å²) in [5.41, 5.74) is 1.52. The zero-order valence-corrected chi connectivity index (χ0v) is 12.0. The van der Waals surface area contributed by atoms with E-state index in [9.17, 15) is 0 Å². The molecule has 1 saturated heterocycles. The summed E-state index contributed by atoms with van der Waals surface area (Å²) < 4.78 is 5.77. The second-order valence-electron chi connectivity index (χ2n) is 6.14. The number of nitrogens with one attached hydrogen (secondary N) is 1. The maximum absolute atomic E-state index is 5.77. The van der Waals surface area contributed by atoms with Crippen molar-refractivity contribution in [3.05, 3.63) is 35.9 Å². The highest BCUT2D eigenvalue weighted by atomic mass is 16.5. The van der Waals surface area contributed by atoms with Gasteiger partial charge in [0.2, 0.25) is 0 Å². The van der Waals surface area contributed by atoms with Crippen LogP contribution in [-0.2, 0) is 4.74 Å². The summed E-state index contributed by atoms with van der Waals surface area (Å²) in [7, 11) is 0. The maximum Gasteiger partial charge on any atom is 0.0551 e. The first-order valence-corrected chi connectivity index (χ1v) is 7.69. The molecule has 1 aliphatic heterocycles. The van der Waals surface area contributed by atoms with Crippen LogP contribution in [0.15, 0.2) is 30.3 Å². The highest BCUT2D eigenvalue weighted by Gasteiger charge is 2.47. The van der Waals surface area contributed by atoms with Gasteiger partial charge < -0.3 is 10.1 Å². The molecule has 1 N–H and O–H groups in total. The van der Waals surface area contributed by atoms with E-state index in [-0.39, 0.29) is 0 Å². The minimum Gasteiger partial charge on any atom is -0.378 e. The highest BCUT2D eigenvalue weighted by Crippen LogP contribution is 2.51. The first kappa shape index (κ1) is 13.1. The summed E-state index contributed by atoms with van der Waals surface area (Å²) in [6, 6.07) is 11.6. The Morgan fingerprint density at radius 2 is 2.05 bits per heavy atom. The molecule has 0 aromatic heterocycles. The normalized spacial score (nSPS) is 35.3. The first-order valence-electron chi connectivity index (χ1n) is 7.69. The molecule has 2 fully saturated rings. The molecule has 0 radical (unpaired) electrons. The molecule has 104 valence electrons. The Morgan fingerprint density at radius 3 is 2.68 bits per heavy atom. The lowest BCUT2D eigenvalue weighted by molar-refractivity contribution is 0.116. The van der Waals surface area contributed by atoms with Crippen LogP contribution in [0.4, 0.5) is 0 Å². The Bertz CT molecular complexity index is 405. The second-order valence-corrected chi connectivity index (χ2v) is 6.14. The minimum atomic E-state index is 0.445. The second kappa shape index (κ2) is 5.64. The molecule has 0 amide bonds. The van der Waals surface area contributed by atoms with Gasteiger partial charge in [0.25, 0.3) is 0 Å². The van der Waals surface area contributed by atoms with E-state index in [0.29, 0.717) is 18.1 Å². The van der Waals surface area contributed by atoms with Crippen molar-refractivity contribution in [2.75, 3.05) is 13.2 Å². The van der Waals surface area contributed by atoms with Crippen molar-refractivity contribution < 1.29 is 4.74 Å². The average molecular weight is 259 g/mol. The summed E-state index contributed by atoms with van der Waals surface area (Å²) in [6.45, 7) is 6.42. The predicted octanol–water partition coefficient (Wildman–Crippen LogP) is 3.19. The molecule has 0 spiro atoms. The summed E-state index contributed by atoms with van der Waals surface area (Å²) in [4.78, 5) is 0. The van der Waals surface area contributed by atoms with E-state index in [1.165, 1.54) is 18.4 Å². The van der Waals surface area contributed by atoms with Gasteiger partial charge in [-0.15, -0.1) is 0 Å². The highest BCUT2D eigenvalue weighted by molar-refractivity contribution is 5.27. The molecular weight excluding hydrogens is 234 g/mol. The van der Waals surface area contributed by atoms with Gasteiger partial charge in [-0.2, -0.15) is 0 Å². The van der Waals surface area contributed by atoms with Gasteiger partial charge in [-0.05, 0) is 43.7 Å². The van der Waals surface area contributed by atoms with Crippen molar-refractivity contribution in [1.82, 2.24) is 5.32 Å². The van der Waals surface area contributed by atoms with Gasteiger partial charge in [-0.1, -0.05) is 37.3 Å². The van der Waals surface area contributed by atoms with E-state index in [1.54, 1.807) is 0 Å². The van der Waals surface area contributed by atoms with Crippen LogP contribution < -0.4 is 5.32 Å². The Kier molecular flexibility index (Phi) is 3.90. The van der Waals surface area contributed by atoms with Gasteiger partial charge in [0, 0.05) is 12.0 Å². The van der Waals surface area contributed by atoms with Crippen molar-refractivity contribution in [2.45, 2.75) is 44.8 Å². The van der Waals surface area contributed by atoms with Gasteiger partial charge in [-0.25, -0.2) is 0 Å². The number of hydrogen-bond donors (Lipinski definition) is 1. The van der Waals surface area contributed by atoms with E-state index >= 15 is 0 Å². The third-order valence-corrected chi connectivity index (χ3v) is 4.71. The van der Waals surface area contributed by atoms with E-state index in [0.717, 1.165) is 25.0 Å². The predicted molar refractivity (Wildman–Crippen MR) is 78.3 cm³/mol. The molecule has 5 unspecified atom stereocenters. The van der Waals surface area contributed by atoms with Crippen LogP contribution in [0.5, 0.6) is 0 Å². The first-order chi connectivity index (χ1) is 9.29. The lowest BCUT2D eigenvalue weighted by Gasteiger charge is -2.24.